The van der Waals surface area contributed by atoms with E-state index in [4.69, 9.17) is 9.72 Å². The van der Waals surface area contributed by atoms with Crippen LogP contribution < -0.4 is 10.0 Å². The lowest BCUT2D eigenvalue weighted by Crippen LogP contribution is -2.13. The van der Waals surface area contributed by atoms with Gasteiger partial charge in [0.1, 0.15) is 5.82 Å². The average Bonchev–Trinajstić information content (AvgIpc) is 3.12. The largest absolute Gasteiger partial charge is 0.450 e. The molecule has 0 aliphatic heterocycles. The smallest absolute Gasteiger partial charge is 0.411 e. The lowest BCUT2D eigenvalue weighted by molar-refractivity contribution is 0.168. The van der Waals surface area contributed by atoms with Crippen molar-refractivity contribution in [3.8, 4) is 11.4 Å². The Balaban J connectivity index is 1.80. The number of aromatic nitrogens is 2. The number of ether oxygens (including phenoxy) is 1. The standard InChI is InChI=1S/C25H26N4O4S/c1-4-33-25(30)26-20-12-13-23-22(15-20)27-24(29(23)16-18-10-8-17(2)9-11-18)19-6-5-7-21(14-19)28-34(3,31)32/h5-15,28H,4,16H2,1-3H3,(H,26,30). The van der Waals surface area contributed by atoms with Gasteiger partial charge in [-0.3, -0.25) is 10.0 Å². The van der Waals surface area contributed by atoms with Crippen LogP contribution in [-0.4, -0.2) is 36.9 Å². The number of nitrogens with zero attached hydrogens (tertiary/aromatic N) is 2. The minimum absolute atomic E-state index is 0.279. The summed E-state index contributed by atoms with van der Waals surface area (Å²) in [4.78, 5) is 16.7. The van der Waals surface area contributed by atoms with Crippen LogP contribution in [0.2, 0.25) is 0 Å². The van der Waals surface area contributed by atoms with Gasteiger partial charge < -0.3 is 9.30 Å². The summed E-state index contributed by atoms with van der Waals surface area (Å²) in [6.07, 6.45) is 0.588. The summed E-state index contributed by atoms with van der Waals surface area (Å²) in [5.41, 5.74) is 5.64. The normalized spacial score (nSPS) is 11.4. The van der Waals surface area contributed by atoms with Gasteiger partial charge in [-0.1, -0.05) is 42.0 Å². The van der Waals surface area contributed by atoms with Crippen molar-refractivity contribution in [2.45, 2.75) is 20.4 Å². The highest BCUT2D eigenvalue weighted by Gasteiger charge is 2.15. The molecule has 0 fully saturated rings. The molecule has 8 nitrogen and oxygen atoms in total. The van der Waals surface area contributed by atoms with Crippen LogP contribution in [0.15, 0.2) is 66.7 Å². The summed E-state index contributed by atoms with van der Waals surface area (Å²) in [6.45, 7) is 4.64. The van der Waals surface area contributed by atoms with Crippen molar-refractivity contribution in [2.24, 2.45) is 0 Å². The van der Waals surface area contributed by atoms with Crippen LogP contribution in [0.3, 0.4) is 0 Å². The van der Waals surface area contributed by atoms with Gasteiger partial charge in [0, 0.05) is 23.5 Å². The molecule has 0 aliphatic carbocycles. The lowest BCUT2D eigenvalue weighted by atomic mass is 10.1. The van der Waals surface area contributed by atoms with Crippen molar-refractivity contribution in [3.63, 3.8) is 0 Å². The average molecular weight is 479 g/mol. The van der Waals surface area contributed by atoms with Gasteiger partial charge in [-0.05, 0) is 49.7 Å². The van der Waals surface area contributed by atoms with E-state index < -0.39 is 16.1 Å². The molecule has 176 valence electrons. The molecule has 4 aromatic rings. The minimum Gasteiger partial charge on any atom is -0.450 e. The summed E-state index contributed by atoms with van der Waals surface area (Å²) in [7, 11) is -3.41. The zero-order valence-electron chi connectivity index (χ0n) is 19.2. The quantitative estimate of drug-likeness (QED) is 0.389. The number of anilines is 2. The first-order valence-corrected chi connectivity index (χ1v) is 12.7. The Kier molecular flexibility index (Phi) is 6.56. The van der Waals surface area contributed by atoms with E-state index in [1.807, 2.05) is 19.1 Å². The fourth-order valence-corrected chi connectivity index (χ4v) is 4.24. The second-order valence-corrected chi connectivity index (χ2v) is 9.76. The highest BCUT2D eigenvalue weighted by molar-refractivity contribution is 7.92. The molecule has 0 bridgehead atoms. The monoisotopic (exact) mass is 478 g/mol. The third kappa shape index (κ3) is 5.55. The molecule has 34 heavy (non-hydrogen) atoms. The van der Waals surface area contributed by atoms with Crippen molar-refractivity contribution in [2.75, 3.05) is 22.9 Å². The van der Waals surface area contributed by atoms with E-state index in [1.54, 1.807) is 37.3 Å². The van der Waals surface area contributed by atoms with Crippen LogP contribution in [0.5, 0.6) is 0 Å². The number of rotatable bonds is 7. The number of hydrogen-bond acceptors (Lipinski definition) is 5. The highest BCUT2D eigenvalue weighted by Crippen LogP contribution is 2.29. The molecule has 3 aromatic carbocycles. The first-order valence-electron chi connectivity index (χ1n) is 10.8. The Hall–Kier alpha value is -3.85. The molecule has 9 heteroatoms. The number of imidazole rings is 1. The van der Waals surface area contributed by atoms with E-state index in [2.05, 4.69) is 38.9 Å². The van der Waals surface area contributed by atoms with Gasteiger partial charge in [-0.25, -0.2) is 18.2 Å². The maximum absolute atomic E-state index is 11.8. The van der Waals surface area contributed by atoms with E-state index in [1.165, 1.54) is 5.56 Å². The molecule has 1 amide bonds. The van der Waals surface area contributed by atoms with Crippen LogP contribution in [0.1, 0.15) is 18.1 Å². The second-order valence-electron chi connectivity index (χ2n) is 8.01. The predicted octanol–water partition coefficient (Wildman–Crippen LogP) is 5.00. The van der Waals surface area contributed by atoms with Crippen molar-refractivity contribution >= 4 is 38.5 Å². The molecule has 1 aromatic heterocycles. The van der Waals surface area contributed by atoms with Gasteiger partial charge in [0.15, 0.2) is 0 Å². The number of carbonyl (C=O) groups excluding carboxylic acids is 1. The van der Waals surface area contributed by atoms with Crippen LogP contribution in [0.25, 0.3) is 22.4 Å². The van der Waals surface area contributed by atoms with E-state index >= 15 is 0 Å². The Bertz CT molecular complexity index is 1440. The molecular weight excluding hydrogens is 452 g/mol. The molecule has 0 saturated heterocycles. The summed E-state index contributed by atoms with van der Waals surface area (Å²) < 4.78 is 33.0. The molecule has 4 rings (SSSR count). The summed E-state index contributed by atoms with van der Waals surface area (Å²) in [6, 6.07) is 20.9. The third-order valence-electron chi connectivity index (χ3n) is 5.16. The van der Waals surface area contributed by atoms with Crippen molar-refractivity contribution < 1.29 is 17.9 Å². The number of benzene rings is 3. The van der Waals surface area contributed by atoms with Crippen LogP contribution in [0.4, 0.5) is 16.2 Å². The first-order chi connectivity index (χ1) is 16.2. The molecule has 0 unspecified atom stereocenters. The molecule has 0 spiro atoms. The Labute approximate surface area is 198 Å². The fourth-order valence-electron chi connectivity index (χ4n) is 3.68. The van der Waals surface area contributed by atoms with Crippen LogP contribution >= 0.6 is 0 Å². The molecule has 2 N–H and O–H groups in total. The molecule has 0 radical (unpaired) electrons. The minimum atomic E-state index is -3.41. The SMILES string of the molecule is CCOC(=O)Nc1ccc2c(c1)nc(-c1cccc(NS(C)(=O)=O)c1)n2Cc1ccc(C)cc1. The van der Waals surface area contributed by atoms with Crippen LogP contribution in [0, 0.1) is 6.92 Å². The molecule has 0 saturated carbocycles. The highest BCUT2D eigenvalue weighted by atomic mass is 32.2. The molecule has 0 aliphatic rings. The third-order valence-corrected chi connectivity index (χ3v) is 5.76. The number of amides is 1. The first kappa shape index (κ1) is 23.3. The summed E-state index contributed by atoms with van der Waals surface area (Å²) >= 11 is 0. The van der Waals surface area contributed by atoms with E-state index in [-0.39, 0.29) is 6.61 Å². The zero-order chi connectivity index (χ0) is 24.3. The van der Waals surface area contributed by atoms with Gasteiger partial charge in [-0.15, -0.1) is 0 Å². The van der Waals surface area contributed by atoms with Gasteiger partial charge in [0.25, 0.3) is 0 Å². The second kappa shape index (κ2) is 9.56. The topological polar surface area (TPSA) is 102 Å². The van der Waals surface area contributed by atoms with E-state index in [0.29, 0.717) is 29.3 Å². The fraction of sp³-hybridized carbons (Fsp3) is 0.200. The van der Waals surface area contributed by atoms with E-state index in [0.717, 1.165) is 22.9 Å². The van der Waals surface area contributed by atoms with Gasteiger partial charge in [-0.2, -0.15) is 0 Å². The molecular formula is C25H26N4O4S. The number of aryl methyl sites for hydroxylation is 1. The van der Waals surface area contributed by atoms with Crippen molar-refractivity contribution in [1.82, 2.24) is 9.55 Å². The maximum atomic E-state index is 11.8. The van der Waals surface area contributed by atoms with E-state index in [9.17, 15) is 13.2 Å². The number of nitrogens with one attached hydrogen (secondary N) is 2. The number of hydrogen-bond donors (Lipinski definition) is 2. The number of sulfonamides is 1. The lowest BCUT2D eigenvalue weighted by Gasteiger charge is -2.12. The number of fused-ring (bicyclic) bond motifs is 1. The Morgan fingerprint density at radius 3 is 2.50 bits per heavy atom. The van der Waals surface area contributed by atoms with Gasteiger partial charge >= 0.3 is 6.09 Å². The predicted molar refractivity (Wildman–Crippen MR) is 135 cm³/mol. The van der Waals surface area contributed by atoms with Gasteiger partial charge in [0.05, 0.1) is 23.9 Å². The van der Waals surface area contributed by atoms with Gasteiger partial charge in [0.2, 0.25) is 10.0 Å². The molecule has 0 atom stereocenters. The Morgan fingerprint density at radius 2 is 1.79 bits per heavy atom. The molecule has 1 heterocycles. The Morgan fingerprint density at radius 1 is 1.03 bits per heavy atom. The number of carbonyl (C=O) groups is 1. The van der Waals surface area contributed by atoms with Crippen LogP contribution in [-0.2, 0) is 21.3 Å². The summed E-state index contributed by atoms with van der Waals surface area (Å²) in [5, 5.41) is 2.71. The van der Waals surface area contributed by atoms with Crippen molar-refractivity contribution in [3.05, 3.63) is 77.9 Å². The van der Waals surface area contributed by atoms with Crippen molar-refractivity contribution in [1.29, 1.82) is 0 Å². The maximum Gasteiger partial charge on any atom is 0.411 e. The zero-order valence-corrected chi connectivity index (χ0v) is 20.0. The summed E-state index contributed by atoms with van der Waals surface area (Å²) in [5.74, 6) is 0.681.